The first kappa shape index (κ1) is 21.1. The average Bonchev–Trinajstić information content (AvgIpc) is 3.61. The lowest BCUT2D eigenvalue weighted by molar-refractivity contribution is -0.148. The average molecular weight is 444 g/mol. The summed E-state index contributed by atoms with van der Waals surface area (Å²) >= 11 is 0. The molecule has 168 valence electrons. The van der Waals surface area contributed by atoms with Crippen molar-refractivity contribution >= 4 is 34.2 Å². The maximum absolute atomic E-state index is 13.3. The number of carbonyl (C=O) groups excluding carboxylic acids is 2. The van der Waals surface area contributed by atoms with Gasteiger partial charge in [-0.05, 0) is 73.7 Å². The Hall–Kier alpha value is -3.74. The van der Waals surface area contributed by atoms with Gasteiger partial charge in [-0.1, -0.05) is 18.2 Å². The van der Waals surface area contributed by atoms with Crippen molar-refractivity contribution in [2.45, 2.75) is 44.6 Å². The fourth-order valence-corrected chi connectivity index (χ4v) is 4.42. The Bertz CT molecular complexity index is 1290. The van der Waals surface area contributed by atoms with Crippen LogP contribution in [0.15, 0.2) is 48.8 Å². The number of hydrogen-bond donors (Lipinski definition) is 3. The Balaban J connectivity index is 1.62. The van der Waals surface area contributed by atoms with Crippen LogP contribution in [0.2, 0.25) is 0 Å². The number of nitrogens with zero attached hydrogens (tertiary/aromatic N) is 1. The van der Waals surface area contributed by atoms with E-state index in [0.29, 0.717) is 18.5 Å². The Morgan fingerprint density at radius 1 is 1.06 bits per heavy atom. The molecule has 0 unspecified atom stereocenters. The number of carboxylic acids is 1. The lowest BCUT2D eigenvalue weighted by Crippen LogP contribution is -2.59. The first-order valence-corrected chi connectivity index (χ1v) is 11.2. The van der Waals surface area contributed by atoms with Gasteiger partial charge in [-0.3, -0.25) is 14.6 Å². The maximum atomic E-state index is 13.3. The number of pyridine rings is 1. The molecule has 2 aliphatic rings. The number of aromatic nitrogens is 1. The van der Waals surface area contributed by atoms with Crippen molar-refractivity contribution < 1.29 is 19.5 Å². The number of anilines is 1. The molecule has 1 heterocycles. The minimum atomic E-state index is -1.24. The number of carbonyl (C=O) groups is 3. The summed E-state index contributed by atoms with van der Waals surface area (Å²) in [4.78, 5) is 42.1. The molecule has 1 aromatic heterocycles. The van der Waals surface area contributed by atoms with Crippen LogP contribution in [0.3, 0.4) is 0 Å². The van der Waals surface area contributed by atoms with Gasteiger partial charge in [0.15, 0.2) is 0 Å². The van der Waals surface area contributed by atoms with Crippen molar-refractivity contribution in [1.29, 1.82) is 0 Å². The van der Waals surface area contributed by atoms with Crippen LogP contribution < -0.4 is 10.6 Å². The van der Waals surface area contributed by atoms with E-state index in [1.165, 1.54) is 0 Å². The van der Waals surface area contributed by atoms with Crippen LogP contribution in [0, 0.1) is 12.8 Å². The van der Waals surface area contributed by atoms with E-state index in [0.717, 1.165) is 46.7 Å². The van der Waals surface area contributed by atoms with Crippen molar-refractivity contribution in [1.82, 2.24) is 10.3 Å². The fourth-order valence-electron chi connectivity index (χ4n) is 4.42. The number of amides is 2. The molecule has 7 nitrogen and oxygen atoms in total. The van der Waals surface area contributed by atoms with E-state index < -0.39 is 17.4 Å². The molecule has 2 aliphatic carbocycles. The van der Waals surface area contributed by atoms with Crippen molar-refractivity contribution in [3.63, 3.8) is 0 Å². The summed E-state index contributed by atoms with van der Waals surface area (Å²) in [6.45, 7) is 1.93. The highest BCUT2D eigenvalue weighted by molar-refractivity contribution is 6.10. The van der Waals surface area contributed by atoms with Crippen molar-refractivity contribution in [3.05, 3.63) is 59.9 Å². The van der Waals surface area contributed by atoms with Crippen LogP contribution in [-0.4, -0.2) is 33.4 Å². The number of rotatable bonds is 6. The SMILES string of the molecule is Cc1ccc(C(=O)NC2(C(=O)O)CCC2)c(NC(=O)C2CC2)c1-c1ccc2ccncc2c1. The molecule has 3 aromatic rings. The number of carboxylic acid groups (broad SMARTS) is 1. The monoisotopic (exact) mass is 443 g/mol. The highest BCUT2D eigenvalue weighted by Gasteiger charge is 2.46. The molecule has 0 atom stereocenters. The minimum absolute atomic E-state index is 0.0490. The molecule has 0 saturated heterocycles. The Labute approximate surface area is 191 Å². The van der Waals surface area contributed by atoms with E-state index in [1.807, 2.05) is 37.3 Å². The zero-order valence-corrected chi connectivity index (χ0v) is 18.4. The van der Waals surface area contributed by atoms with E-state index in [1.54, 1.807) is 18.5 Å². The lowest BCUT2D eigenvalue weighted by Gasteiger charge is -2.38. The van der Waals surface area contributed by atoms with Crippen LogP contribution in [0.25, 0.3) is 21.9 Å². The molecule has 33 heavy (non-hydrogen) atoms. The standard InChI is InChI=1S/C26H25N3O4/c1-15-3-8-20(24(31)29-26(25(32)33)10-2-11-26)22(28-23(30)17-5-6-17)21(15)18-7-4-16-9-12-27-14-19(16)13-18/h3-4,7-9,12-14,17H,2,5-6,10-11H2,1H3,(H,28,30)(H,29,31)(H,32,33). The van der Waals surface area contributed by atoms with Gasteiger partial charge in [0.2, 0.25) is 5.91 Å². The largest absolute Gasteiger partial charge is 0.480 e. The van der Waals surface area contributed by atoms with Crippen LogP contribution in [0.1, 0.15) is 48.0 Å². The molecule has 2 aromatic carbocycles. The van der Waals surface area contributed by atoms with Gasteiger partial charge in [0.25, 0.3) is 5.91 Å². The summed E-state index contributed by atoms with van der Waals surface area (Å²) in [6.07, 6.45) is 6.72. The quantitative estimate of drug-likeness (QED) is 0.527. The van der Waals surface area contributed by atoms with Gasteiger partial charge in [-0.25, -0.2) is 4.79 Å². The van der Waals surface area contributed by atoms with Crippen LogP contribution >= 0.6 is 0 Å². The number of aliphatic carboxylic acids is 1. The van der Waals surface area contributed by atoms with E-state index in [2.05, 4.69) is 15.6 Å². The lowest BCUT2D eigenvalue weighted by atomic mass is 9.76. The predicted molar refractivity (Wildman–Crippen MR) is 125 cm³/mol. The molecule has 0 aliphatic heterocycles. The molecular formula is C26H25N3O4. The molecule has 5 rings (SSSR count). The van der Waals surface area contributed by atoms with E-state index in [9.17, 15) is 19.5 Å². The van der Waals surface area contributed by atoms with Crippen molar-refractivity contribution in [3.8, 4) is 11.1 Å². The van der Waals surface area contributed by atoms with E-state index in [-0.39, 0.29) is 17.4 Å². The summed E-state index contributed by atoms with van der Waals surface area (Å²) in [5, 5.41) is 17.4. The summed E-state index contributed by atoms with van der Waals surface area (Å²) in [5.74, 6) is -1.69. The summed E-state index contributed by atoms with van der Waals surface area (Å²) in [6, 6.07) is 11.4. The van der Waals surface area contributed by atoms with E-state index in [4.69, 9.17) is 0 Å². The molecule has 0 bridgehead atoms. The number of nitrogens with one attached hydrogen (secondary N) is 2. The predicted octanol–water partition coefficient (Wildman–Crippen LogP) is 4.30. The minimum Gasteiger partial charge on any atom is -0.480 e. The van der Waals surface area contributed by atoms with Gasteiger partial charge < -0.3 is 15.7 Å². The highest BCUT2D eigenvalue weighted by Crippen LogP contribution is 2.39. The third-order valence-corrected chi connectivity index (χ3v) is 6.75. The number of hydrogen-bond acceptors (Lipinski definition) is 4. The number of aryl methyl sites for hydroxylation is 1. The number of fused-ring (bicyclic) bond motifs is 1. The molecule has 3 N–H and O–H groups in total. The topological polar surface area (TPSA) is 108 Å². The van der Waals surface area contributed by atoms with Crippen molar-refractivity contribution in [2.75, 3.05) is 5.32 Å². The summed E-state index contributed by atoms with van der Waals surface area (Å²) in [5.41, 5.74) is 1.95. The van der Waals surface area contributed by atoms with Crippen LogP contribution in [0.4, 0.5) is 5.69 Å². The van der Waals surface area contributed by atoms with Gasteiger partial charge in [-0.2, -0.15) is 0 Å². The number of benzene rings is 2. The smallest absolute Gasteiger partial charge is 0.329 e. The second kappa shape index (κ2) is 7.99. The fraction of sp³-hybridized carbons (Fsp3) is 0.308. The Morgan fingerprint density at radius 3 is 2.52 bits per heavy atom. The molecule has 0 radical (unpaired) electrons. The van der Waals surface area contributed by atoms with Crippen LogP contribution in [-0.2, 0) is 9.59 Å². The van der Waals surface area contributed by atoms with Gasteiger partial charge in [0, 0.05) is 29.3 Å². The second-order valence-corrected chi connectivity index (χ2v) is 9.08. The van der Waals surface area contributed by atoms with Crippen LogP contribution in [0.5, 0.6) is 0 Å². The zero-order valence-electron chi connectivity index (χ0n) is 18.4. The highest BCUT2D eigenvalue weighted by atomic mass is 16.4. The molecule has 7 heteroatoms. The first-order valence-electron chi connectivity index (χ1n) is 11.2. The molecular weight excluding hydrogens is 418 g/mol. The van der Waals surface area contributed by atoms with Gasteiger partial charge >= 0.3 is 5.97 Å². The summed E-state index contributed by atoms with van der Waals surface area (Å²) in [7, 11) is 0. The normalized spacial score (nSPS) is 16.6. The Kier molecular flexibility index (Phi) is 5.12. The third kappa shape index (κ3) is 3.84. The molecule has 2 saturated carbocycles. The first-order chi connectivity index (χ1) is 15.9. The van der Waals surface area contributed by atoms with Gasteiger partial charge in [0.05, 0.1) is 11.3 Å². The Morgan fingerprint density at radius 2 is 1.85 bits per heavy atom. The summed E-state index contributed by atoms with van der Waals surface area (Å²) < 4.78 is 0. The van der Waals surface area contributed by atoms with Crippen molar-refractivity contribution in [2.24, 2.45) is 5.92 Å². The van der Waals surface area contributed by atoms with Gasteiger partial charge in [-0.15, -0.1) is 0 Å². The van der Waals surface area contributed by atoms with E-state index >= 15 is 0 Å². The third-order valence-electron chi connectivity index (χ3n) is 6.75. The molecule has 0 spiro atoms. The zero-order chi connectivity index (χ0) is 23.2. The molecule has 2 fully saturated rings. The van der Waals surface area contributed by atoms with Gasteiger partial charge in [0.1, 0.15) is 5.54 Å². The molecule has 2 amide bonds. The maximum Gasteiger partial charge on any atom is 0.329 e. The second-order valence-electron chi connectivity index (χ2n) is 9.08.